The highest BCUT2D eigenvalue weighted by molar-refractivity contribution is 6.16. The van der Waals surface area contributed by atoms with Crippen LogP contribution in [0.5, 0.6) is 0 Å². The lowest BCUT2D eigenvalue weighted by molar-refractivity contribution is -0.291. The van der Waals surface area contributed by atoms with Gasteiger partial charge in [0.2, 0.25) is 0 Å². The lowest BCUT2D eigenvalue weighted by Gasteiger charge is -2.45. The molecule has 0 radical (unpaired) electrons. The van der Waals surface area contributed by atoms with Crippen molar-refractivity contribution in [1.29, 1.82) is 0 Å². The van der Waals surface area contributed by atoms with E-state index in [0.29, 0.717) is 25.7 Å². The summed E-state index contributed by atoms with van der Waals surface area (Å²) in [6.45, 7) is 8.67. The summed E-state index contributed by atoms with van der Waals surface area (Å²) in [6, 6.07) is 0. The van der Waals surface area contributed by atoms with Crippen molar-refractivity contribution in [3.63, 3.8) is 0 Å². The molecule has 3 aliphatic carbocycles. The Morgan fingerprint density at radius 3 is 0.984 bits per heavy atom. The average molecular weight is 889 g/mol. The molecule has 16 heteroatoms. The van der Waals surface area contributed by atoms with Crippen molar-refractivity contribution >= 4 is 35.8 Å². The molecule has 0 aromatic heterocycles. The van der Waals surface area contributed by atoms with Gasteiger partial charge in [0.15, 0.2) is 0 Å². The first kappa shape index (κ1) is 45.9. The van der Waals surface area contributed by atoms with E-state index in [1.807, 2.05) is 0 Å². The van der Waals surface area contributed by atoms with Crippen LogP contribution >= 0.6 is 0 Å². The van der Waals surface area contributed by atoms with Gasteiger partial charge in [-0.2, -0.15) is 0 Å². The van der Waals surface area contributed by atoms with E-state index in [9.17, 15) is 39.0 Å². The maximum atomic E-state index is 13.0. The van der Waals surface area contributed by atoms with Gasteiger partial charge in [-0.3, -0.25) is 0 Å². The third-order valence-electron chi connectivity index (χ3n) is 13.4. The monoisotopic (exact) mass is 888 g/mol. The summed E-state index contributed by atoms with van der Waals surface area (Å²) in [6.07, 6.45) is 22.0. The van der Waals surface area contributed by atoms with Gasteiger partial charge >= 0.3 is 35.8 Å². The van der Waals surface area contributed by atoms with E-state index in [4.69, 9.17) is 37.9 Å². The van der Waals surface area contributed by atoms with E-state index >= 15 is 0 Å². The molecule has 3 saturated carbocycles. The average Bonchev–Trinajstić information content (AvgIpc) is 3.22. The van der Waals surface area contributed by atoms with Crippen molar-refractivity contribution < 1.29 is 76.9 Å². The third kappa shape index (κ3) is 9.70. The Morgan fingerprint density at radius 2 is 0.688 bits per heavy atom. The molecule has 0 amide bonds. The second kappa shape index (κ2) is 17.8. The van der Waals surface area contributed by atoms with Crippen LogP contribution in [0.1, 0.15) is 130 Å². The summed E-state index contributed by atoms with van der Waals surface area (Å²) in [5.74, 6) is -12.1. The summed E-state index contributed by atoms with van der Waals surface area (Å²) in [7, 11) is 0. The number of allylic oxidation sites excluding steroid dienone is 8. The standard InChI is InChI=1S/C48H56O16/c1-5-17-43(3)19-23-45(24-20-43)57-35(49)31(36(50)58-45)13-9-7-11-15-33-39(53)61-47(62-40(33)54)27-29-48(30-28-47)63-41(55)34(42(56)64-48)16-12-8-10-14-32-37(51)59-46(60-38(32)52)25-21-44(4,18-6-2)22-26-46/h7-16,49,51H,5-6,17-30H2,1-4H3/b11-7+,12-8?,13-9+,14-10?,33-15?,34-16?. The number of aliphatic hydroxyl groups is 2. The molecule has 5 fully saturated rings. The molecular weight excluding hydrogens is 833 g/mol. The van der Waals surface area contributed by atoms with Crippen LogP contribution in [0.4, 0.5) is 0 Å². The number of carbonyl (C=O) groups is 6. The summed E-state index contributed by atoms with van der Waals surface area (Å²) < 4.78 is 45.0. The number of aliphatic hydroxyl groups excluding tert-OH is 2. The lowest BCUT2D eigenvalue weighted by atomic mass is 9.71. The minimum Gasteiger partial charge on any atom is -0.480 e. The van der Waals surface area contributed by atoms with Crippen LogP contribution in [0, 0.1) is 10.8 Å². The van der Waals surface area contributed by atoms with Gasteiger partial charge in [-0.25, -0.2) is 28.8 Å². The van der Waals surface area contributed by atoms with E-state index in [1.54, 1.807) is 0 Å². The summed E-state index contributed by atoms with van der Waals surface area (Å²) in [4.78, 5) is 77.6. The highest BCUT2D eigenvalue weighted by Gasteiger charge is 2.57. The highest BCUT2D eigenvalue weighted by atomic mass is 16.8. The molecule has 0 bridgehead atoms. The van der Waals surface area contributed by atoms with Gasteiger partial charge in [0.1, 0.15) is 22.3 Å². The number of carbonyl (C=O) groups excluding carboxylic acids is 6. The predicted octanol–water partition coefficient (Wildman–Crippen LogP) is 8.07. The van der Waals surface area contributed by atoms with E-state index in [-0.39, 0.29) is 47.7 Å². The fourth-order valence-corrected chi connectivity index (χ4v) is 9.52. The van der Waals surface area contributed by atoms with Crippen molar-refractivity contribution in [2.24, 2.45) is 10.8 Å². The number of rotatable bonds is 10. The fourth-order valence-electron chi connectivity index (χ4n) is 9.52. The van der Waals surface area contributed by atoms with E-state index < -0.39 is 82.0 Å². The van der Waals surface area contributed by atoms with Crippen LogP contribution < -0.4 is 0 Å². The predicted molar refractivity (Wildman–Crippen MR) is 223 cm³/mol. The van der Waals surface area contributed by atoms with Crippen LogP contribution in [0.15, 0.2) is 94.9 Å². The molecule has 7 aliphatic rings. The van der Waals surface area contributed by atoms with Crippen molar-refractivity contribution in [2.45, 2.75) is 154 Å². The zero-order chi connectivity index (χ0) is 46.0. The van der Waals surface area contributed by atoms with Gasteiger partial charge in [-0.05, 0) is 73.7 Å². The van der Waals surface area contributed by atoms with Crippen molar-refractivity contribution in [2.75, 3.05) is 0 Å². The molecule has 344 valence electrons. The molecule has 0 atom stereocenters. The molecule has 16 nitrogen and oxygen atoms in total. The number of hydrogen-bond donors (Lipinski definition) is 2. The molecule has 2 saturated heterocycles. The molecule has 4 aliphatic heterocycles. The molecule has 64 heavy (non-hydrogen) atoms. The van der Waals surface area contributed by atoms with Crippen molar-refractivity contribution in [3.8, 4) is 0 Å². The molecule has 0 aromatic carbocycles. The van der Waals surface area contributed by atoms with E-state index in [2.05, 4.69) is 27.7 Å². The Kier molecular flexibility index (Phi) is 12.8. The quantitative estimate of drug-likeness (QED) is 0.0697. The Bertz CT molecular complexity index is 1990. The first-order chi connectivity index (χ1) is 30.4. The number of ether oxygens (including phenoxy) is 8. The van der Waals surface area contributed by atoms with Gasteiger partial charge in [-0.1, -0.05) is 77.0 Å². The maximum Gasteiger partial charge on any atom is 0.348 e. The van der Waals surface area contributed by atoms with Crippen LogP contribution in [0.2, 0.25) is 0 Å². The second-order valence-electron chi connectivity index (χ2n) is 18.4. The van der Waals surface area contributed by atoms with Crippen LogP contribution in [0.25, 0.3) is 0 Å². The normalized spacial score (nSPS) is 34.7. The van der Waals surface area contributed by atoms with E-state index in [0.717, 1.165) is 51.4 Å². The summed E-state index contributed by atoms with van der Waals surface area (Å²) in [5.41, 5.74) is -0.886. The Balaban J connectivity index is 0.880. The van der Waals surface area contributed by atoms with Crippen LogP contribution in [-0.2, 0) is 66.7 Å². The zero-order valence-electron chi connectivity index (χ0n) is 36.7. The minimum absolute atomic E-state index is 0.133. The Hall–Kier alpha value is -6.06. The van der Waals surface area contributed by atoms with Crippen molar-refractivity contribution in [3.05, 3.63) is 94.9 Å². The first-order valence-electron chi connectivity index (χ1n) is 22.1. The molecule has 4 spiro atoms. The van der Waals surface area contributed by atoms with Crippen molar-refractivity contribution in [1.82, 2.24) is 0 Å². The SMILES string of the molecule is CCCC1(C)CCC2(CC1)OC(=O)C(C=CC=CC=C1C(=O)OC3(CCC4(CC3)OC(=O)C(=C/C=C/C=C/C3=C(O)OC5(CCC(C)(CCC)CC5)OC3=O)C(=O)O4)OC1=O)=C(O)O2. The van der Waals surface area contributed by atoms with Gasteiger partial charge < -0.3 is 48.1 Å². The molecule has 0 aromatic rings. The van der Waals surface area contributed by atoms with Gasteiger partial charge in [0.25, 0.3) is 35.0 Å². The van der Waals surface area contributed by atoms with E-state index in [1.165, 1.54) is 60.8 Å². The van der Waals surface area contributed by atoms with Gasteiger partial charge in [-0.15, -0.1) is 0 Å². The van der Waals surface area contributed by atoms with Gasteiger partial charge in [0.05, 0.1) is 0 Å². The molecule has 2 N–H and O–H groups in total. The number of hydrogen-bond acceptors (Lipinski definition) is 16. The smallest absolute Gasteiger partial charge is 0.348 e. The van der Waals surface area contributed by atoms with Crippen LogP contribution in [0.3, 0.4) is 0 Å². The largest absolute Gasteiger partial charge is 0.480 e. The van der Waals surface area contributed by atoms with Gasteiger partial charge in [0, 0.05) is 51.4 Å². The highest BCUT2D eigenvalue weighted by Crippen LogP contribution is 2.50. The third-order valence-corrected chi connectivity index (χ3v) is 13.4. The zero-order valence-corrected chi connectivity index (χ0v) is 36.7. The second-order valence-corrected chi connectivity index (χ2v) is 18.4. The molecule has 0 unspecified atom stereocenters. The first-order valence-corrected chi connectivity index (χ1v) is 22.1. The molecule has 7 rings (SSSR count). The fraction of sp³-hybridized carbons (Fsp3) is 0.542. The minimum atomic E-state index is -1.67. The Morgan fingerprint density at radius 1 is 0.406 bits per heavy atom. The molecule has 4 heterocycles. The molecular formula is C48H56O16. The Labute approximate surface area is 371 Å². The maximum absolute atomic E-state index is 13.0. The van der Waals surface area contributed by atoms with Crippen LogP contribution in [-0.4, -0.2) is 69.2 Å². The topological polar surface area (TPSA) is 217 Å². The summed E-state index contributed by atoms with van der Waals surface area (Å²) in [5, 5.41) is 21.1. The summed E-state index contributed by atoms with van der Waals surface area (Å²) >= 11 is 0. The lowest BCUT2D eigenvalue weighted by Crippen LogP contribution is -2.56. The number of esters is 6.